The fourth-order valence-electron chi connectivity index (χ4n) is 8.86. The number of hydrogen-bond donors (Lipinski definition) is 3. The van der Waals surface area contributed by atoms with Gasteiger partial charge in [0, 0.05) is 12.2 Å². The fourth-order valence-corrected chi connectivity index (χ4v) is 10.4. The summed E-state index contributed by atoms with van der Waals surface area (Å²) < 4.78 is 15.1. The van der Waals surface area contributed by atoms with Crippen LogP contribution in [0, 0.1) is 0 Å². The number of esters is 2. The molecule has 0 aromatic heterocycles. The van der Waals surface area contributed by atoms with Gasteiger partial charge >= 0.3 is 18.0 Å². The molecule has 0 bridgehead atoms. The zero-order chi connectivity index (χ0) is 47.1. The van der Waals surface area contributed by atoms with Gasteiger partial charge in [-0.1, -0.05) is 140 Å². The summed E-state index contributed by atoms with van der Waals surface area (Å²) in [5, 5.41) is 17.3. The lowest BCUT2D eigenvalue weighted by molar-refractivity contribution is -0.155. The Morgan fingerprint density at radius 1 is 0.697 bits per heavy atom. The van der Waals surface area contributed by atoms with E-state index in [1.54, 1.807) is 20.8 Å². The molecule has 344 valence electrons. The standard InChI is InChI=1S/C53H57N3O9S/c1-51(2,3)65-45(58)30-29-43(56(50(62)64-5)47-40-27-17-15-25-38(40)39-26-16-18-28-41(39)47)49(61)54-42(48(60)55-52(31-32-52)44(57)33-46(59)63-4)34-66-53(35-19-9-6-10-20-35,36-21-11-7-12-22-36)37-23-13-8-14-24-37/h6-28,42-44,47,57H,29-34H2,1-5H3,(H,54,61)(H,55,60)/t42?,43-,44?/m1/s1. The average molecular weight is 912 g/mol. The van der Waals surface area contributed by atoms with E-state index >= 15 is 4.79 Å². The summed E-state index contributed by atoms with van der Waals surface area (Å²) in [5.41, 5.74) is 4.11. The summed E-state index contributed by atoms with van der Waals surface area (Å²) in [6.07, 6.45) is -2.05. The number of rotatable bonds is 18. The van der Waals surface area contributed by atoms with Crippen LogP contribution in [-0.2, 0) is 38.1 Å². The number of aliphatic hydroxyl groups is 1. The predicted molar refractivity (Wildman–Crippen MR) is 253 cm³/mol. The number of nitrogens with zero attached hydrogens (tertiary/aromatic N) is 1. The summed E-state index contributed by atoms with van der Waals surface area (Å²) in [6, 6.07) is 41.5. The normalized spacial score (nSPS) is 15.2. The van der Waals surface area contributed by atoms with E-state index in [1.165, 1.54) is 30.9 Å². The number of nitrogens with one attached hydrogen (secondary N) is 2. The predicted octanol–water partition coefficient (Wildman–Crippen LogP) is 8.10. The van der Waals surface area contributed by atoms with Gasteiger partial charge < -0.3 is 30.0 Å². The Hall–Kier alpha value is -6.44. The van der Waals surface area contributed by atoms with Crippen LogP contribution in [0.5, 0.6) is 0 Å². The summed E-state index contributed by atoms with van der Waals surface area (Å²) in [7, 11) is 2.47. The van der Waals surface area contributed by atoms with E-state index in [0.29, 0.717) is 12.8 Å². The van der Waals surface area contributed by atoms with Crippen molar-refractivity contribution in [3.05, 3.63) is 167 Å². The molecule has 0 saturated heterocycles. The van der Waals surface area contributed by atoms with E-state index < -0.39 is 70.0 Å². The first-order valence-corrected chi connectivity index (χ1v) is 23.1. The van der Waals surface area contributed by atoms with E-state index in [1.807, 2.05) is 140 Å². The van der Waals surface area contributed by atoms with Gasteiger partial charge in [-0.2, -0.15) is 0 Å². The van der Waals surface area contributed by atoms with Crippen LogP contribution in [0.1, 0.15) is 86.7 Å². The molecule has 3 atom stereocenters. The van der Waals surface area contributed by atoms with Crippen LogP contribution in [0.2, 0.25) is 0 Å². The molecule has 1 fully saturated rings. The topological polar surface area (TPSA) is 161 Å². The molecular weight excluding hydrogens is 855 g/mol. The number of ether oxygens (including phenoxy) is 3. The van der Waals surface area contributed by atoms with Gasteiger partial charge in [-0.15, -0.1) is 11.8 Å². The van der Waals surface area contributed by atoms with E-state index in [0.717, 1.165) is 38.9 Å². The second-order valence-electron chi connectivity index (χ2n) is 17.7. The zero-order valence-corrected chi connectivity index (χ0v) is 38.7. The molecule has 66 heavy (non-hydrogen) atoms. The van der Waals surface area contributed by atoms with Crippen molar-refractivity contribution < 1.29 is 43.3 Å². The number of carbonyl (C=O) groups is 5. The molecule has 2 aliphatic carbocycles. The zero-order valence-electron chi connectivity index (χ0n) is 37.9. The van der Waals surface area contributed by atoms with Crippen molar-refractivity contribution >= 4 is 41.6 Å². The molecule has 0 aliphatic heterocycles. The van der Waals surface area contributed by atoms with Gasteiger partial charge in [0.2, 0.25) is 11.8 Å². The molecule has 7 rings (SSSR count). The van der Waals surface area contributed by atoms with Crippen LogP contribution in [0.3, 0.4) is 0 Å². The molecule has 0 heterocycles. The first-order valence-electron chi connectivity index (χ1n) is 22.2. The SMILES string of the molecule is COC(=O)CC(O)C1(NC(=O)C(CSC(c2ccccc2)(c2ccccc2)c2ccccc2)NC(=O)[C@@H](CCC(=O)OC(C)(C)C)N(C(=O)OC)C2c3ccccc3-c3ccccc32)CC1. The molecule has 2 aliphatic rings. The van der Waals surface area contributed by atoms with E-state index in [-0.39, 0.29) is 25.0 Å². The number of thioether (sulfide) groups is 1. The van der Waals surface area contributed by atoms with E-state index in [9.17, 15) is 24.3 Å². The molecular formula is C53H57N3O9S. The second-order valence-corrected chi connectivity index (χ2v) is 18.9. The Bertz CT molecular complexity index is 2370. The molecule has 2 unspecified atom stereocenters. The van der Waals surface area contributed by atoms with Crippen molar-refractivity contribution in [1.29, 1.82) is 0 Å². The summed E-state index contributed by atoms with van der Waals surface area (Å²) in [4.78, 5) is 71.8. The van der Waals surface area contributed by atoms with Crippen molar-refractivity contribution in [2.75, 3.05) is 20.0 Å². The number of amides is 3. The third-order valence-electron chi connectivity index (χ3n) is 12.2. The monoisotopic (exact) mass is 911 g/mol. The highest BCUT2D eigenvalue weighted by atomic mass is 32.2. The Kier molecular flexibility index (Phi) is 14.7. The first kappa shape index (κ1) is 47.5. The smallest absolute Gasteiger partial charge is 0.410 e. The van der Waals surface area contributed by atoms with E-state index in [2.05, 4.69) is 10.6 Å². The minimum absolute atomic E-state index is 0.00839. The number of fused-ring (bicyclic) bond motifs is 3. The van der Waals surface area contributed by atoms with Crippen LogP contribution in [-0.4, -0.2) is 89.2 Å². The summed E-state index contributed by atoms with van der Waals surface area (Å²) in [6.45, 7) is 5.24. The number of carbonyl (C=O) groups excluding carboxylic acids is 5. The Balaban J connectivity index is 1.32. The lowest BCUT2D eigenvalue weighted by atomic mass is 9.84. The summed E-state index contributed by atoms with van der Waals surface area (Å²) in [5.74, 6) is -2.53. The van der Waals surface area contributed by atoms with E-state index in [4.69, 9.17) is 14.2 Å². The van der Waals surface area contributed by atoms with Crippen molar-refractivity contribution in [1.82, 2.24) is 15.5 Å². The minimum atomic E-state index is -1.36. The van der Waals surface area contributed by atoms with Crippen molar-refractivity contribution in [3.8, 4) is 11.1 Å². The van der Waals surface area contributed by atoms with Gasteiger partial charge in [0.15, 0.2) is 0 Å². The van der Waals surface area contributed by atoms with Crippen molar-refractivity contribution in [3.63, 3.8) is 0 Å². The van der Waals surface area contributed by atoms with Gasteiger partial charge in [0.1, 0.15) is 17.7 Å². The van der Waals surface area contributed by atoms with Gasteiger partial charge in [-0.05, 0) is 79.0 Å². The van der Waals surface area contributed by atoms with Gasteiger partial charge in [-0.3, -0.25) is 24.1 Å². The van der Waals surface area contributed by atoms with Gasteiger partial charge in [-0.25, -0.2) is 4.79 Å². The minimum Gasteiger partial charge on any atom is -0.469 e. The van der Waals surface area contributed by atoms with Gasteiger partial charge in [0.05, 0.1) is 43.1 Å². The van der Waals surface area contributed by atoms with Crippen LogP contribution < -0.4 is 10.6 Å². The molecule has 3 amide bonds. The van der Waals surface area contributed by atoms with Crippen LogP contribution >= 0.6 is 11.8 Å². The average Bonchev–Trinajstić information content (AvgIpc) is 4.04. The Morgan fingerprint density at radius 2 is 1.18 bits per heavy atom. The number of benzene rings is 5. The van der Waals surface area contributed by atoms with Crippen LogP contribution in [0.25, 0.3) is 11.1 Å². The maximum Gasteiger partial charge on any atom is 0.410 e. The molecule has 0 radical (unpaired) electrons. The molecule has 13 heteroatoms. The molecule has 5 aromatic rings. The molecule has 1 saturated carbocycles. The lowest BCUT2D eigenvalue weighted by Gasteiger charge is -2.38. The highest BCUT2D eigenvalue weighted by Gasteiger charge is 2.52. The van der Waals surface area contributed by atoms with Gasteiger partial charge in [0.25, 0.3) is 0 Å². The number of methoxy groups -OCH3 is 2. The largest absolute Gasteiger partial charge is 0.469 e. The quantitative estimate of drug-likeness (QED) is 0.0446. The second kappa shape index (κ2) is 20.4. The van der Waals surface area contributed by atoms with Crippen LogP contribution in [0.15, 0.2) is 140 Å². The third kappa shape index (κ3) is 10.3. The summed E-state index contributed by atoms with van der Waals surface area (Å²) >= 11 is 1.45. The fraction of sp³-hybridized carbons (Fsp3) is 0.340. The third-order valence-corrected chi connectivity index (χ3v) is 13.8. The number of hydrogen-bond acceptors (Lipinski definition) is 10. The molecule has 0 spiro atoms. The number of aliphatic hydroxyl groups excluding tert-OH is 1. The lowest BCUT2D eigenvalue weighted by Crippen LogP contribution is -2.59. The molecule has 5 aromatic carbocycles. The van der Waals surface area contributed by atoms with Crippen molar-refractivity contribution in [2.45, 2.75) is 93.0 Å². The highest BCUT2D eigenvalue weighted by molar-refractivity contribution is 8.00. The Morgan fingerprint density at radius 3 is 1.64 bits per heavy atom. The highest BCUT2D eigenvalue weighted by Crippen LogP contribution is 2.50. The maximum absolute atomic E-state index is 15.4. The van der Waals surface area contributed by atoms with Crippen LogP contribution in [0.4, 0.5) is 4.79 Å². The molecule has 12 nitrogen and oxygen atoms in total. The van der Waals surface area contributed by atoms with Crippen molar-refractivity contribution in [2.24, 2.45) is 0 Å². The maximum atomic E-state index is 15.4. The first-order chi connectivity index (χ1) is 31.7. The Labute approximate surface area is 390 Å². The molecule has 3 N–H and O–H groups in total.